The van der Waals surface area contributed by atoms with Crippen LogP contribution in [-0.2, 0) is 9.63 Å². The second kappa shape index (κ2) is 2.50. The topological polar surface area (TPSA) is 29.5 Å². The Bertz CT molecular complexity index is 114. The van der Waals surface area contributed by atoms with Crippen molar-refractivity contribution in [2.45, 2.75) is 6.42 Å². The molecule has 44 valence electrons. The fourth-order valence-electron chi connectivity index (χ4n) is 0.489. The zero-order chi connectivity index (χ0) is 5.82. The minimum atomic E-state index is 0.929. The Kier molecular flexibility index (Phi) is 1.67. The van der Waals surface area contributed by atoms with Crippen molar-refractivity contribution in [3.8, 4) is 0 Å². The second-order valence-corrected chi connectivity index (χ2v) is 1.62. The van der Waals surface area contributed by atoms with Crippen molar-refractivity contribution in [3.63, 3.8) is 0 Å². The van der Waals surface area contributed by atoms with Crippen LogP contribution >= 0.6 is 0 Å². The van der Waals surface area contributed by atoms with Crippen LogP contribution in [0.15, 0.2) is 6.26 Å². The largest absolute Gasteiger partial charge is 0.402 e. The lowest BCUT2D eigenvalue weighted by atomic mass is 10.3. The molecule has 0 saturated carbocycles. The molecule has 0 spiro atoms. The van der Waals surface area contributed by atoms with E-state index in [9.17, 15) is 4.79 Å². The van der Waals surface area contributed by atoms with E-state index in [4.69, 9.17) is 4.84 Å². The average molecular weight is 113 g/mol. The SMILES string of the molecule is O=C=CON1CCC1. The molecule has 0 unspecified atom stereocenters. The summed E-state index contributed by atoms with van der Waals surface area (Å²) in [4.78, 5) is 14.2. The molecule has 1 saturated heterocycles. The summed E-state index contributed by atoms with van der Waals surface area (Å²) in [7, 11) is 0. The molecule has 1 aliphatic heterocycles. The molecule has 0 N–H and O–H groups in total. The number of hydrogen-bond acceptors (Lipinski definition) is 3. The van der Waals surface area contributed by atoms with Crippen LogP contribution in [0.2, 0.25) is 0 Å². The third-order valence-electron chi connectivity index (χ3n) is 1.06. The maximum absolute atomic E-state index is 9.52. The third-order valence-corrected chi connectivity index (χ3v) is 1.06. The van der Waals surface area contributed by atoms with E-state index >= 15 is 0 Å². The number of hydrogen-bond donors (Lipinski definition) is 0. The molecule has 0 aromatic rings. The van der Waals surface area contributed by atoms with Crippen LogP contribution in [0.1, 0.15) is 6.42 Å². The van der Waals surface area contributed by atoms with Gasteiger partial charge in [0.05, 0.1) is 0 Å². The lowest BCUT2D eigenvalue weighted by Crippen LogP contribution is -2.35. The van der Waals surface area contributed by atoms with Crippen LogP contribution in [0.25, 0.3) is 0 Å². The molecule has 3 heteroatoms. The molecular formula is C5H7NO2. The maximum Gasteiger partial charge on any atom is 0.194 e. The highest BCUT2D eigenvalue weighted by atomic mass is 16.7. The van der Waals surface area contributed by atoms with Gasteiger partial charge in [0, 0.05) is 13.1 Å². The van der Waals surface area contributed by atoms with E-state index in [1.165, 1.54) is 5.94 Å². The van der Waals surface area contributed by atoms with Crippen molar-refractivity contribution in [3.05, 3.63) is 6.26 Å². The van der Waals surface area contributed by atoms with Gasteiger partial charge in [-0.3, -0.25) is 0 Å². The number of nitrogens with zero attached hydrogens (tertiary/aromatic N) is 1. The van der Waals surface area contributed by atoms with Crippen LogP contribution in [0.3, 0.4) is 0 Å². The fraction of sp³-hybridized carbons (Fsp3) is 0.600. The molecule has 0 amide bonds. The summed E-state index contributed by atoms with van der Waals surface area (Å²) in [6.07, 6.45) is 2.19. The van der Waals surface area contributed by atoms with Crippen molar-refractivity contribution in [2.75, 3.05) is 13.1 Å². The van der Waals surface area contributed by atoms with E-state index < -0.39 is 0 Å². The van der Waals surface area contributed by atoms with Gasteiger partial charge >= 0.3 is 0 Å². The van der Waals surface area contributed by atoms with E-state index in [0.29, 0.717) is 0 Å². The lowest BCUT2D eigenvalue weighted by molar-refractivity contribution is -0.146. The summed E-state index contributed by atoms with van der Waals surface area (Å²) in [5.41, 5.74) is 0. The molecule has 0 atom stereocenters. The van der Waals surface area contributed by atoms with Gasteiger partial charge < -0.3 is 4.84 Å². The van der Waals surface area contributed by atoms with Crippen molar-refractivity contribution < 1.29 is 9.63 Å². The number of carbonyl (C=O) groups excluding carboxylic acids is 1. The van der Waals surface area contributed by atoms with Gasteiger partial charge in [0.15, 0.2) is 12.2 Å². The highest BCUT2D eigenvalue weighted by molar-refractivity contribution is 5.42. The Morgan fingerprint density at radius 3 is 2.75 bits per heavy atom. The zero-order valence-corrected chi connectivity index (χ0v) is 4.46. The minimum Gasteiger partial charge on any atom is -0.402 e. The van der Waals surface area contributed by atoms with Gasteiger partial charge in [0.1, 0.15) is 0 Å². The molecule has 1 fully saturated rings. The van der Waals surface area contributed by atoms with Crippen molar-refractivity contribution in [1.29, 1.82) is 0 Å². The van der Waals surface area contributed by atoms with Gasteiger partial charge in [-0.15, -0.1) is 5.06 Å². The molecule has 0 radical (unpaired) electrons. The summed E-state index contributed by atoms with van der Waals surface area (Å²) < 4.78 is 0. The molecule has 1 heterocycles. The fourth-order valence-corrected chi connectivity index (χ4v) is 0.489. The standard InChI is InChI=1S/C5H7NO2/c7-4-5-8-6-2-1-3-6/h5H,1-3H2. The Balaban J connectivity index is 2.09. The molecular weight excluding hydrogens is 106 g/mol. The summed E-state index contributed by atoms with van der Waals surface area (Å²) in [5, 5.41) is 1.70. The summed E-state index contributed by atoms with van der Waals surface area (Å²) in [6.45, 7) is 1.86. The van der Waals surface area contributed by atoms with Gasteiger partial charge in [-0.1, -0.05) is 0 Å². The van der Waals surface area contributed by atoms with Crippen molar-refractivity contribution in [2.24, 2.45) is 0 Å². The molecule has 3 nitrogen and oxygen atoms in total. The van der Waals surface area contributed by atoms with Crippen LogP contribution < -0.4 is 0 Å². The Labute approximate surface area is 47.5 Å². The van der Waals surface area contributed by atoms with Gasteiger partial charge in [0.25, 0.3) is 0 Å². The first-order valence-electron chi connectivity index (χ1n) is 2.54. The second-order valence-electron chi connectivity index (χ2n) is 1.62. The molecule has 1 rings (SSSR count). The highest BCUT2D eigenvalue weighted by Crippen LogP contribution is 2.04. The van der Waals surface area contributed by atoms with Gasteiger partial charge in [-0.2, -0.15) is 0 Å². The first-order valence-corrected chi connectivity index (χ1v) is 2.54. The van der Waals surface area contributed by atoms with E-state index in [1.807, 2.05) is 0 Å². The Hall–Kier alpha value is -0.790. The first-order chi connectivity index (χ1) is 3.93. The van der Waals surface area contributed by atoms with Crippen LogP contribution in [0.5, 0.6) is 0 Å². The van der Waals surface area contributed by atoms with Crippen LogP contribution in [0.4, 0.5) is 0 Å². The van der Waals surface area contributed by atoms with Crippen LogP contribution in [0, 0.1) is 0 Å². The predicted octanol–water partition coefficient (Wildman–Crippen LogP) is -0.0310. The lowest BCUT2D eigenvalue weighted by Gasteiger charge is -2.27. The predicted molar refractivity (Wildman–Crippen MR) is 27.5 cm³/mol. The van der Waals surface area contributed by atoms with Gasteiger partial charge in [-0.25, -0.2) is 4.79 Å². The number of rotatable bonds is 2. The van der Waals surface area contributed by atoms with Crippen molar-refractivity contribution in [1.82, 2.24) is 5.06 Å². The molecule has 0 aromatic heterocycles. The summed E-state index contributed by atoms with van der Waals surface area (Å²) >= 11 is 0. The van der Waals surface area contributed by atoms with E-state index in [-0.39, 0.29) is 0 Å². The molecule has 1 aliphatic rings. The van der Waals surface area contributed by atoms with E-state index in [0.717, 1.165) is 25.8 Å². The van der Waals surface area contributed by atoms with Gasteiger partial charge in [-0.05, 0) is 6.42 Å². The van der Waals surface area contributed by atoms with E-state index in [1.54, 1.807) is 5.06 Å². The van der Waals surface area contributed by atoms with Crippen molar-refractivity contribution >= 4 is 5.94 Å². The smallest absolute Gasteiger partial charge is 0.194 e. The highest BCUT2D eigenvalue weighted by Gasteiger charge is 2.12. The van der Waals surface area contributed by atoms with E-state index in [2.05, 4.69) is 0 Å². The summed E-state index contributed by atoms with van der Waals surface area (Å²) in [5.74, 6) is 1.53. The van der Waals surface area contributed by atoms with Crippen LogP contribution in [-0.4, -0.2) is 24.1 Å². The zero-order valence-electron chi connectivity index (χ0n) is 4.46. The van der Waals surface area contributed by atoms with Gasteiger partial charge in [0.2, 0.25) is 0 Å². The number of hydroxylamine groups is 2. The average Bonchev–Trinajstić information content (AvgIpc) is 1.63. The molecule has 0 aromatic carbocycles. The first kappa shape index (κ1) is 5.35. The Morgan fingerprint density at radius 2 is 2.38 bits per heavy atom. The third kappa shape index (κ3) is 1.09. The molecule has 8 heavy (non-hydrogen) atoms. The Morgan fingerprint density at radius 1 is 1.62 bits per heavy atom. The maximum atomic E-state index is 9.52. The quantitative estimate of drug-likeness (QED) is 0.372. The summed E-state index contributed by atoms with van der Waals surface area (Å²) in [6, 6.07) is 0. The monoisotopic (exact) mass is 113 g/mol. The molecule has 0 aliphatic carbocycles. The normalized spacial score (nSPS) is 18.5. The minimum absolute atomic E-state index is 0.929. The molecule has 0 bridgehead atoms.